The number of ether oxygens (including phenoxy) is 1. The van der Waals surface area contributed by atoms with Gasteiger partial charge >= 0.3 is 6.36 Å². The topological polar surface area (TPSA) is 60.0 Å². The van der Waals surface area contributed by atoms with Crippen molar-refractivity contribution in [3.05, 3.63) is 71.5 Å². The van der Waals surface area contributed by atoms with Crippen LogP contribution >= 0.6 is 11.6 Å². The molecule has 1 amide bonds. The van der Waals surface area contributed by atoms with Gasteiger partial charge in [-0.2, -0.15) is 0 Å². The van der Waals surface area contributed by atoms with Crippen molar-refractivity contribution in [3.8, 4) is 16.9 Å². The molecule has 0 saturated heterocycles. The maximum atomic E-state index is 14.5. The third-order valence-corrected chi connectivity index (χ3v) is 4.08. The molecule has 0 unspecified atom stereocenters. The molecule has 0 spiro atoms. The highest BCUT2D eigenvalue weighted by atomic mass is 35.5. The van der Waals surface area contributed by atoms with Gasteiger partial charge in [0.2, 0.25) is 6.33 Å². The molecular formula is C19H14ClF4N4O2+. The number of carbonyl (C=O) groups excluding carboxylic acids is 1. The number of alkyl halides is 3. The molecule has 0 aliphatic carbocycles. The van der Waals surface area contributed by atoms with Crippen LogP contribution in [0.1, 0.15) is 5.56 Å². The van der Waals surface area contributed by atoms with Crippen molar-refractivity contribution in [2.24, 2.45) is 7.05 Å². The molecule has 1 aromatic heterocycles. The third kappa shape index (κ3) is 5.57. The minimum Gasteiger partial charge on any atom is -0.406 e. The summed E-state index contributed by atoms with van der Waals surface area (Å²) in [7, 11) is 1.66. The van der Waals surface area contributed by atoms with Crippen molar-refractivity contribution >= 4 is 23.6 Å². The number of nitrogens with one attached hydrogen (secondary N) is 1. The Labute approximate surface area is 172 Å². The van der Waals surface area contributed by atoms with Gasteiger partial charge in [-0.1, -0.05) is 35.9 Å². The predicted octanol–water partition coefficient (Wildman–Crippen LogP) is 3.76. The highest BCUT2D eigenvalue weighted by Crippen LogP contribution is 2.28. The van der Waals surface area contributed by atoms with Crippen LogP contribution in [0.3, 0.4) is 0 Å². The SMILES string of the molecule is Cn1c[n+](NC(=O)/C(Cl)=C/c2ccc(-c3ccc(OC(F)(F)F)cc3)cc2F)cn1. The van der Waals surface area contributed by atoms with Crippen LogP contribution in [-0.2, 0) is 11.8 Å². The summed E-state index contributed by atoms with van der Waals surface area (Å²) in [6.45, 7) is 0. The van der Waals surface area contributed by atoms with Gasteiger partial charge in [0.15, 0.2) is 0 Å². The first-order chi connectivity index (χ1) is 14.1. The molecule has 3 rings (SSSR count). The van der Waals surface area contributed by atoms with Gasteiger partial charge in [-0.15, -0.1) is 22.5 Å². The lowest BCUT2D eigenvalue weighted by atomic mass is 10.0. The highest BCUT2D eigenvalue weighted by Gasteiger charge is 2.30. The number of hydrogen-bond donors (Lipinski definition) is 1. The first-order valence-corrected chi connectivity index (χ1v) is 8.73. The second-order valence-corrected chi connectivity index (χ2v) is 6.48. The van der Waals surface area contributed by atoms with E-state index in [0.29, 0.717) is 11.1 Å². The van der Waals surface area contributed by atoms with Crippen molar-refractivity contribution in [2.75, 3.05) is 5.43 Å². The molecule has 0 saturated carbocycles. The Bertz CT molecular complexity index is 1090. The van der Waals surface area contributed by atoms with Crippen molar-refractivity contribution in [1.29, 1.82) is 0 Å². The largest absolute Gasteiger partial charge is 0.573 e. The summed E-state index contributed by atoms with van der Waals surface area (Å²) in [5.41, 5.74) is 3.41. The van der Waals surface area contributed by atoms with Gasteiger partial charge in [-0.05, 0) is 35.4 Å². The average molecular weight is 442 g/mol. The summed E-state index contributed by atoms with van der Waals surface area (Å²) in [5, 5.41) is 3.61. The number of amides is 1. The molecule has 0 aliphatic rings. The van der Waals surface area contributed by atoms with Gasteiger partial charge < -0.3 is 4.74 Å². The first-order valence-electron chi connectivity index (χ1n) is 8.35. The Morgan fingerprint density at radius 1 is 1.20 bits per heavy atom. The number of aryl methyl sites for hydroxylation is 1. The average Bonchev–Trinajstić information content (AvgIpc) is 3.07. The summed E-state index contributed by atoms with van der Waals surface area (Å²) >= 11 is 5.96. The maximum Gasteiger partial charge on any atom is 0.573 e. The summed E-state index contributed by atoms with van der Waals surface area (Å²) < 4.78 is 57.7. The van der Waals surface area contributed by atoms with Gasteiger partial charge in [-0.3, -0.25) is 4.79 Å². The van der Waals surface area contributed by atoms with Crippen LogP contribution < -0.4 is 14.8 Å². The van der Waals surface area contributed by atoms with Crippen molar-refractivity contribution in [1.82, 2.24) is 9.78 Å². The van der Waals surface area contributed by atoms with Crippen molar-refractivity contribution in [3.63, 3.8) is 0 Å². The second kappa shape index (κ2) is 8.54. The molecule has 0 atom stereocenters. The number of hydrogen-bond acceptors (Lipinski definition) is 3. The summed E-state index contributed by atoms with van der Waals surface area (Å²) in [6.07, 6.45) is -0.791. The lowest BCUT2D eigenvalue weighted by Gasteiger charge is -2.09. The van der Waals surface area contributed by atoms with Crippen molar-refractivity contribution in [2.45, 2.75) is 6.36 Å². The standard InChI is InChI=1S/C19H13ClF4N4O2/c1-27-11-28(10-25-27)26-18(29)16(20)8-14-3-2-13(9-17(14)21)12-4-6-15(7-5-12)30-19(22,23)24/h2-11H,1H3/p+1/b16-8-. The summed E-state index contributed by atoms with van der Waals surface area (Å²) in [6, 6.07) is 9.14. The highest BCUT2D eigenvalue weighted by molar-refractivity contribution is 6.45. The summed E-state index contributed by atoms with van der Waals surface area (Å²) in [4.78, 5) is 12.1. The first kappa shape index (κ1) is 21.3. The van der Waals surface area contributed by atoms with E-state index in [1.165, 1.54) is 46.3 Å². The molecule has 3 aromatic rings. The normalized spacial score (nSPS) is 12.0. The van der Waals surface area contributed by atoms with Crippen LogP contribution in [-0.4, -0.2) is 22.1 Å². The van der Waals surface area contributed by atoms with E-state index in [4.69, 9.17) is 11.6 Å². The minimum absolute atomic E-state index is 0.0621. The van der Waals surface area contributed by atoms with E-state index in [1.807, 2.05) is 0 Å². The van der Waals surface area contributed by atoms with E-state index in [0.717, 1.165) is 18.2 Å². The van der Waals surface area contributed by atoms with Crippen LogP contribution in [0.25, 0.3) is 17.2 Å². The summed E-state index contributed by atoms with van der Waals surface area (Å²) in [5.74, 6) is -1.71. The van der Waals surface area contributed by atoms with Crippen LogP contribution in [0.15, 0.2) is 60.2 Å². The number of rotatable bonds is 5. The fourth-order valence-electron chi connectivity index (χ4n) is 2.48. The maximum absolute atomic E-state index is 14.5. The van der Waals surface area contributed by atoms with Crippen LogP contribution in [0, 0.1) is 5.82 Å². The third-order valence-electron chi connectivity index (χ3n) is 3.80. The molecule has 2 aromatic carbocycles. The molecule has 0 aliphatic heterocycles. The minimum atomic E-state index is -4.79. The lowest BCUT2D eigenvalue weighted by molar-refractivity contribution is -0.642. The molecule has 11 heteroatoms. The molecule has 1 N–H and O–H groups in total. The number of aromatic nitrogens is 3. The molecule has 6 nitrogen and oxygen atoms in total. The van der Waals surface area contributed by atoms with E-state index in [9.17, 15) is 22.4 Å². The zero-order valence-electron chi connectivity index (χ0n) is 15.3. The van der Waals surface area contributed by atoms with E-state index in [2.05, 4.69) is 15.3 Å². The molecule has 0 fully saturated rings. The van der Waals surface area contributed by atoms with Crippen LogP contribution in [0.2, 0.25) is 0 Å². The zero-order chi connectivity index (χ0) is 21.9. The Kier molecular flexibility index (Phi) is 6.06. The van der Waals surface area contributed by atoms with Gasteiger partial charge in [0.1, 0.15) is 16.6 Å². The van der Waals surface area contributed by atoms with E-state index in [-0.39, 0.29) is 16.3 Å². The number of benzene rings is 2. The van der Waals surface area contributed by atoms with E-state index in [1.54, 1.807) is 13.1 Å². The van der Waals surface area contributed by atoms with Gasteiger partial charge in [-0.25, -0.2) is 9.82 Å². The Morgan fingerprint density at radius 3 is 2.43 bits per heavy atom. The Balaban J connectivity index is 1.74. The fourth-order valence-corrected chi connectivity index (χ4v) is 2.64. The molecule has 30 heavy (non-hydrogen) atoms. The number of halogens is 5. The van der Waals surface area contributed by atoms with Gasteiger partial charge in [0.05, 0.1) is 7.05 Å². The number of carbonyl (C=O) groups is 1. The monoisotopic (exact) mass is 441 g/mol. The fraction of sp³-hybridized carbons (Fsp3) is 0.105. The van der Waals surface area contributed by atoms with E-state index >= 15 is 0 Å². The predicted molar refractivity (Wildman–Crippen MR) is 100 cm³/mol. The molecule has 1 heterocycles. The lowest BCUT2D eigenvalue weighted by Crippen LogP contribution is -2.46. The molecule has 0 radical (unpaired) electrons. The zero-order valence-corrected chi connectivity index (χ0v) is 16.1. The Hall–Kier alpha value is -3.40. The van der Waals surface area contributed by atoms with Crippen molar-refractivity contribution < 1.29 is 31.8 Å². The van der Waals surface area contributed by atoms with Crippen LogP contribution in [0.4, 0.5) is 17.6 Å². The molecule has 0 bridgehead atoms. The second-order valence-electron chi connectivity index (χ2n) is 6.07. The quantitative estimate of drug-likeness (QED) is 0.372. The van der Waals surface area contributed by atoms with Gasteiger partial charge in [0.25, 0.3) is 12.2 Å². The Morgan fingerprint density at radius 2 is 1.87 bits per heavy atom. The molecular weight excluding hydrogens is 428 g/mol. The smallest absolute Gasteiger partial charge is 0.406 e. The van der Waals surface area contributed by atoms with Crippen LogP contribution in [0.5, 0.6) is 5.75 Å². The van der Waals surface area contributed by atoms with E-state index < -0.39 is 18.1 Å². The number of nitrogens with zero attached hydrogens (tertiary/aromatic N) is 3. The van der Waals surface area contributed by atoms with Gasteiger partial charge in [0, 0.05) is 10.7 Å². The molecule has 156 valence electrons.